The van der Waals surface area contributed by atoms with Gasteiger partial charge in [0.15, 0.2) is 5.96 Å². The van der Waals surface area contributed by atoms with E-state index in [4.69, 9.17) is 11.6 Å². The van der Waals surface area contributed by atoms with Gasteiger partial charge in [0.05, 0.1) is 0 Å². The molecular weight excluding hydrogens is 386 g/mol. The Kier molecular flexibility index (Phi) is 8.52. The Hall–Kier alpha value is -2.38. The molecule has 2 heterocycles. The third-order valence-electron chi connectivity index (χ3n) is 5.02. The van der Waals surface area contributed by atoms with E-state index >= 15 is 0 Å². The number of aliphatic imine (C=N–C) groups is 1. The molecule has 156 valence electrons. The van der Waals surface area contributed by atoms with Crippen molar-refractivity contribution in [2.45, 2.75) is 12.8 Å². The number of halogens is 1. The first kappa shape index (κ1) is 21.3. The van der Waals surface area contributed by atoms with Gasteiger partial charge in [0.2, 0.25) is 5.95 Å². The number of hydrogen-bond acceptors (Lipinski definition) is 5. The first-order valence-corrected chi connectivity index (χ1v) is 10.6. The van der Waals surface area contributed by atoms with Crippen LogP contribution in [-0.2, 0) is 6.42 Å². The molecule has 3 rings (SSSR count). The lowest BCUT2D eigenvalue weighted by atomic mass is 10.1. The van der Waals surface area contributed by atoms with Gasteiger partial charge in [0, 0.05) is 63.7 Å². The number of rotatable bonds is 8. The second kappa shape index (κ2) is 11.6. The fourth-order valence-electron chi connectivity index (χ4n) is 3.37. The van der Waals surface area contributed by atoms with Crippen molar-refractivity contribution in [2.24, 2.45) is 4.99 Å². The molecule has 1 aliphatic heterocycles. The highest BCUT2D eigenvalue weighted by atomic mass is 35.5. The molecule has 1 fully saturated rings. The van der Waals surface area contributed by atoms with E-state index in [2.05, 4.69) is 41.5 Å². The fourth-order valence-corrected chi connectivity index (χ4v) is 3.60. The van der Waals surface area contributed by atoms with Crippen LogP contribution in [0.5, 0.6) is 0 Å². The molecule has 8 heteroatoms. The predicted molar refractivity (Wildman–Crippen MR) is 120 cm³/mol. The minimum Gasteiger partial charge on any atom is -0.356 e. The van der Waals surface area contributed by atoms with Crippen LogP contribution < -0.4 is 15.5 Å². The van der Waals surface area contributed by atoms with Gasteiger partial charge >= 0.3 is 0 Å². The molecule has 0 bridgehead atoms. The van der Waals surface area contributed by atoms with Gasteiger partial charge in [-0.1, -0.05) is 29.8 Å². The summed E-state index contributed by atoms with van der Waals surface area (Å²) in [7, 11) is 1.80. The van der Waals surface area contributed by atoms with Gasteiger partial charge in [0.25, 0.3) is 0 Å². The average molecular weight is 416 g/mol. The first-order chi connectivity index (χ1) is 14.3. The molecule has 29 heavy (non-hydrogen) atoms. The number of guanidine groups is 1. The maximum atomic E-state index is 6.21. The molecule has 1 aromatic carbocycles. The van der Waals surface area contributed by atoms with Crippen LogP contribution in [0.25, 0.3) is 0 Å². The maximum absolute atomic E-state index is 6.21. The Balaban J connectivity index is 1.28. The molecule has 0 amide bonds. The standard InChI is InChI=1S/C21H30ClN7/c1-23-20(25-12-8-18-6-2-3-7-19(18)22)24-11-5-13-28-14-16-29(17-15-28)21-26-9-4-10-27-21/h2-4,6-7,9-10H,5,8,11-17H2,1H3,(H2,23,24,25). The second-order valence-corrected chi connectivity index (χ2v) is 7.41. The molecule has 1 aromatic heterocycles. The van der Waals surface area contributed by atoms with Crippen LogP contribution >= 0.6 is 11.6 Å². The van der Waals surface area contributed by atoms with Crippen molar-refractivity contribution >= 4 is 23.5 Å². The molecule has 1 saturated heterocycles. The molecule has 0 radical (unpaired) electrons. The number of nitrogens with zero attached hydrogens (tertiary/aromatic N) is 5. The van der Waals surface area contributed by atoms with Gasteiger partial charge in [-0.25, -0.2) is 9.97 Å². The molecule has 2 aromatic rings. The first-order valence-electron chi connectivity index (χ1n) is 10.2. The summed E-state index contributed by atoms with van der Waals surface area (Å²) in [6, 6.07) is 9.81. The van der Waals surface area contributed by atoms with Crippen molar-refractivity contribution < 1.29 is 0 Å². The van der Waals surface area contributed by atoms with E-state index in [1.165, 1.54) is 0 Å². The molecular formula is C21H30ClN7. The summed E-state index contributed by atoms with van der Waals surface area (Å²) in [5, 5.41) is 7.56. The molecule has 0 aliphatic carbocycles. The van der Waals surface area contributed by atoms with E-state index in [0.29, 0.717) is 0 Å². The van der Waals surface area contributed by atoms with Crippen molar-refractivity contribution in [3.63, 3.8) is 0 Å². The Morgan fingerprint density at radius 2 is 1.76 bits per heavy atom. The number of aromatic nitrogens is 2. The largest absolute Gasteiger partial charge is 0.356 e. The lowest BCUT2D eigenvalue weighted by Crippen LogP contribution is -2.47. The summed E-state index contributed by atoms with van der Waals surface area (Å²) in [4.78, 5) is 17.7. The summed E-state index contributed by atoms with van der Waals surface area (Å²) in [5.74, 6) is 1.67. The summed E-state index contributed by atoms with van der Waals surface area (Å²) >= 11 is 6.21. The number of anilines is 1. The maximum Gasteiger partial charge on any atom is 0.225 e. The highest BCUT2D eigenvalue weighted by molar-refractivity contribution is 6.31. The van der Waals surface area contributed by atoms with E-state index in [1.807, 2.05) is 24.3 Å². The number of hydrogen-bond donors (Lipinski definition) is 2. The third kappa shape index (κ3) is 6.87. The highest BCUT2D eigenvalue weighted by Gasteiger charge is 2.18. The van der Waals surface area contributed by atoms with E-state index in [0.717, 1.165) is 81.1 Å². The van der Waals surface area contributed by atoms with Gasteiger partial charge < -0.3 is 15.5 Å². The molecule has 0 atom stereocenters. The quantitative estimate of drug-likeness (QED) is 0.390. The fraction of sp³-hybridized carbons (Fsp3) is 0.476. The van der Waals surface area contributed by atoms with E-state index < -0.39 is 0 Å². The van der Waals surface area contributed by atoms with Crippen molar-refractivity contribution in [2.75, 3.05) is 57.8 Å². The van der Waals surface area contributed by atoms with Crippen LogP contribution in [-0.4, -0.2) is 73.7 Å². The minimum atomic E-state index is 0.799. The zero-order chi connectivity index (χ0) is 20.3. The molecule has 7 nitrogen and oxygen atoms in total. The molecule has 2 N–H and O–H groups in total. The van der Waals surface area contributed by atoms with Crippen LogP contribution in [0.1, 0.15) is 12.0 Å². The number of piperazine rings is 1. The monoisotopic (exact) mass is 415 g/mol. The molecule has 1 aliphatic rings. The zero-order valence-electron chi connectivity index (χ0n) is 17.0. The zero-order valence-corrected chi connectivity index (χ0v) is 17.8. The van der Waals surface area contributed by atoms with Crippen LogP contribution in [0.2, 0.25) is 5.02 Å². The third-order valence-corrected chi connectivity index (χ3v) is 5.39. The average Bonchev–Trinajstić information content (AvgIpc) is 2.77. The van der Waals surface area contributed by atoms with Crippen molar-refractivity contribution in [1.29, 1.82) is 0 Å². The van der Waals surface area contributed by atoms with Crippen molar-refractivity contribution in [3.05, 3.63) is 53.3 Å². The lowest BCUT2D eigenvalue weighted by molar-refractivity contribution is 0.254. The van der Waals surface area contributed by atoms with Gasteiger partial charge in [-0.15, -0.1) is 0 Å². The van der Waals surface area contributed by atoms with Gasteiger partial charge in [0.1, 0.15) is 0 Å². The number of benzene rings is 1. The van der Waals surface area contributed by atoms with Crippen LogP contribution in [0.15, 0.2) is 47.7 Å². The van der Waals surface area contributed by atoms with Crippen LogP contribution in [0.3, 0.4) is 0 Å². The molecule has 0 saturated carbocycles. The Bertz CT molecular complexity index is 761. The van der Waals surface area contributed by atoms with Gasteiger partial charge in [-0.05, 0) is 37.1 Å². The normalized spacial score (nSPS) is 15.4. The topological polar surface area (TPSA) is 68.7 Å². The van der Waals surface area contributed by atoms with E-state index in [9.17, 15) is 0 Å². The predicted octanol–water partition coefficient (Wildman–Crippen LogP) is 2.05. The Labute approximate surface area is 178 Å². The summed E-state index contributed by atoms with van der Waals surface area (Å²) in [6.07, 6.45) is 5.55. The highest BCUT2D eigenvalue weighted by Crippen LogP contribution is 2.14. The summed E-state index contributed by atoms with van der Waals surface area (Å²) in [6.45, 7) is 6.81. The van der Waals surface area contributed by atoms with Crippen LogP contribution in [0.4, 0.5) is 5.95 Å². The summed E-state index contributed by atoms with van der Waals surface area (Å²) in [5.41, 5.74) is 1.15. The molecule has 0 spiro atoms. The van der Waals surface area contributed by atoms with Crippen molar-refractivity contribution in [1.82, 2.24) is 25.5 Å². The lowest BCUT2D eigenvalue weighted by Gasteiger charge is -2.34. The van der Waals surface area contributed by atoms with Gasteiger partial charge in [-0.2, -0.15) is 0 Å². The second-order valence-electron chi connectivity index (χ2n) is 7.00. The van der Waals surface area contributed by atoms with Crippen molar-refractivity contribution in [3.8, 4) is 0 Å². The smallest absolute Gasteiger partial charge is 0.225 e. The Morgan fingerprint density at radius 3 is 2.48 bits per heavy atom. The number of nitrogens with one attached hydrogen (secondary N) is 2. The SMILES string of the molecule is CN=C(NCCCN1CCN(c2ncccn2)CC1)NCCc1ccccc1Cl. The molecule has 0 unspecified atom stereocenters. The van der Waals surface area contributed by atoms with Crippen LogP contribution in [0, 0.1) is 0 Å². The Morgan fingerprint density at radius 1 is 1.03 bits per heavy atom. The van der Waals surface area contributed by atoms with E-state index in [-0.39, 0.29) is 0 Å². The summed E-state index contributed by atoms with van der Waals surface area (Å²) < 4.78 is 0. The van der Waals surface area contributed by atoms with E-state index in [1.54, 1.807) is 19.4 Å². The van der Waals surface area contributed by atoms with Gasteiger partial charge in [-0.3, -0.25) is 9.89 Å². The minimum absolute atomic E-state index is 0.799.